The van der Waals surface area contributed by atoms with E-state index < -0.39 is 0 Å². The highest BCUT2D eigenvalue weighted by Crippen LogP contribution is 2.15. The largest absolute Gasteiger partial charge is 0.493 e. The van der Waals surface area contributed by atoms with E-state index in [1.807, 2.05) is 17.5 Å². The molecule has 0 radical (unpaired) electrons. The van der Waals surface area contributed by atoms with Crippen molar-refractivity contribution in [2.75, 3.05) is 20.3 Å². The van der Waals surface area contributed by atoms with Gasteiger partial charge in [-0.25, -0.2) is 4.98 Å². The third-order valence-corrected chi connectivity index (χ3v) is 4.07. The molecule has 0 spiro atoms. The van der Waals surface area contributed by atoms with Gasteiger partial charge < -0.3 is 9.47 Å². The average molecular weight is 312 g/mol. The van der Waals surface area contributed by atoms with Gasteiger partial charge in [-0.3, -0.25) is 0 Å². The average Bonchev–Trinajstić information content (AvgIpc) is 2.94. The zero-order valence-corrected chi connectivity index (χ0v) is 13.0. The smallest absolute Gasteiger partial charge is 0.119 e. The molecule has 1 aromatic carbocycles. The number of halogens is 1. The molecule has 1 aromatic heterocycles. The highest BCUT2D eigenvalue weighted by Gasteiger charge is 2.02. The first-order valence-corrected chi connectivity index (χ1v) is 7.93. The van der Waals surface area contributed by atoms with Crippen molar-refractivity contribution in [1.82, 2.24) is 4.98 Å². The topological polar surface area (TPSA) is 31.4 Å². The zero-order valence-electron chi connectivity index (χ0n) is 11.5. The zero-order chi connectivity index (χ0) is 14.2. The molecule has 0 saturated heterocycles. The number of hydrogen-bond donors (Lipinski definition) is 0. The Hall–Kier alpha value is -1.10. The summed E-state index contributed by atoms with van der Waals surface area (Å²) in [6.07, 6.45) is 1.74. The van der Waals surface area contributed by atoms with Crippen LogP contribution in [-0.4, -0.2) is 25.3 Å². The Morgan fingerprint density at radius 1 is 1.15 bits per heavy atom. The molecule has 0 aliphatic rings. The van der Waals surface area contributed by atoms with E-state index in [4.69, 9.17) is 21.1 Å². The lowest BCUT2D eigenvalue weighted by molar-refractivity contribution is 0.202. The van der Waals surface area contributed by atoms with Gasteiger partial charge in [0.1, 0.15) is 5.75 Å². The van der Waals surface area contributed by atoms with Crippen molar-refractivity contribution in [1.29, 1.82) is 0 Å². The first kappa shape index (κ1) is 15.3. The molecule has 0 aliphatic carbocycles. The molecule has 108 valence electrons. The van der Waals surface area contributed by atoms with Crippen LogP contribution in [-0.2, 0) is 23.5 Å². The summed E-state index contributed by atoms with van der Waals surface area (Å²) in [4.78, 5) is 4.40. The summed E-state index contributed by atoms with van der Waals surface area (Å²) in [7, 11) is 1.71. The second-order valence-corrected chi connectivity index (χ2v) is 5.56. The number of hydrogen-bond acceptors (Lipinski definition) is 4. The van der Waals surface area contributed by atoms with Crippen molar-refractivity contribution in [2.45, 2.75) is 18.7 Å². The van der Waals surface area contributed by atoms with Crippen molar-refractivity contribution >= 4 is 22.9 Å². The summed E-state index contributed by atoms with van der Waals surface area (Å²) in [5.74, 6) is 1.36. The molecule has 1 heterocycles. The summed E-state index contributed by atoms with van der Waals surface area (Å²) in [6.45, 7) is 1.37. The van der Waals surface area contributed by atoms with Crippen LogP contribution in [0.4, 0.5) is 0 Å². The normalized spacial score (nSPS) is 10.7. The van der Waals surface area contributed by atoms with Gasteiger partial charge in [0, 0.05) is 18.9 Å². The monoisotopic (exact) mass is 311 g/mol. The number of methoxy groups -OCH3 is 1. The van der Waals surface area contributed by atoms with E-state index in [0.717, 1.165) is 35.9 Å². The quantitative estimate of drug-likeness (QED) is 0.697. The predicted molar refractivity (Wildman–Crippen MR) is 82.9 cm³/mol. The summed E-state index contributed by atoms with van der Waals surface area (Å²) >= 11 is 7.36. The molecule has 2 rings (SSSR count). The van der Waals surface area contributed by atoms with Gasteiger partial charge in [0.2, 0.25) is 0 Å². The minimum atomic E-state index is 0.473. The fourth-order valence-electron chi connectivity index (χ4n) is 1.75. The Kier molecular flexibility index (Phi) is 6.30. The molecular weight excluding hydrogens is 294 g/mol. The molecule has 0 amide bonds. The van der Waals surface area contributed by atoms with Gasteiger partial charge in [0.25, 0.3) is 0 Å². The van der Waals surface area contributed by atoms with Crippen molar-refractivity contribution in [3.63, 3.8) is 0 Å². The number of nitrogens with zero attached hydrogens (tertiary/aromatic N) is 1. The van der Waals surface area contributed by atoms with Crippen LogP contribution in [0.15, 0.2) is 29.6 Å². The summed E-state index contributed by atoms with van der Waals surface area (Å²) in [5, 5.41) is 3.06. The van der Waals surface area contributed by atoms with Crippen LogP contribution in [0.1, 0.15) is 16.3 Å². The van der Waals surface area contributed by atoms with Crippen LogP contribution < -0.4 is 4.74 Å². The standard InChI is InChI=1S/C15H18ClNO2S/c1-18-8-6-12-2-4-14(5-3-12)19-9-7-15-17-13(10-16)11-20-15/h2-5,11H,6-10H2,1H3. The maximum absolute atomic E-state index is 5.73. The van der Waals surface area contributed by atoms with Crippen LogP contribution in [0.25, 0.3) is 0 Å². The fraction of sp³-hybridized carbons (Fsp3) is 0.400. The lowest BCUT2D eigenvalue weighted by Crippen LogP contribution is -2.01. The van der Waals surface area contributed by atoms with E-state index >= 15 is 0 Å². The highest BCUT2D eigenvalue weighted by atomic mass is 35.5. The van der Waals surface area contributed by atoms with Crippen LogP contribution in [0.3, 0.4) is 0 Å². The highest BCUT2D eigenvalue weighted by molar-refractivity contribution is 7.09. The van der Waals surface area contributed by atoms with Gasteiger partial charge in [-0.2, -0.15) is 0 Å². The van der Waals surface area contributed by atoms with E-state index in [2.05, 4.69) is 17.1 Å². The molecule has 2 aromatic rings. The molecule has 0 N–H and O–H groups in total. The second-order valence-electron chi connectivity index (χ2n) is 4.35. The van der Waals surface area contributed by atoms with Gasteiger partial charge in [0.15, 0.2) is 0 Å². The number of rotatable bonds is 8. The van der Waals surface area contributed by atoms with E-state index in [0.29, 0.717) is 12.5 Å². The first-order chi connectivity index (χ1) is 9.81. The molecule has 0 unspecified atom stereocenters. The van der Waals surface area contributed by atoms with Crippen LogP contribution in [0, 0.1) is 0 Å². The van der Waals surface area contributed by atoms with Crippen LogP contribution in [0.5, 0.6) is 5.75 Å². The van der Waals surface area contributed by atoms with Crippen molar-refractivity contribution in [2.24, 2.45) is 0 Å². The van der Waals surface area contributed by atoms with Crippen molar-refractivity contribution in [3.8, 4) is 5.75 Å². The number of ether oxygens (including phenoxy) is 2. The number of aromatic nitrogens is 1. The number of thiazole rings is 1. The van der Waals surface area contributed by atoms with Gasteiger partial charge >= 0.3 is 0 Å². The Balaban J connectivity index is 1.76. The first-order valence-electron chi connectivity index (χ1n) is 6.51. The van der Waals surface area contributed by atoms with E-state index in [9.17, 15) is 0 Å². The fourth-order valence-corrected chi connectivity index (χ4v) is 2.76. The van der Waals surface area contributed by atoms with Crippen molar-refractivity contribution < 1.29 is 9.47 Å². The second kappa shape index (κ2) is 8.25. The summed E-state index contributed by atoms with van der Waals surface area (Å²) in [6, 6.07) is 8.14. The lowest BCUT2D eigenvalue weighted by atomic mass is 10.1. The van der Waals surface area contributed by atoms with Gasteiger partial charge in [-0.05, 0) is 24.1 Å². The molecule has 0 fully saturated rings. The SMILES string of the molecule is COCCc1ccc(OCCc2nc(CCl)cs2)cc1. The van der Waals surface area contributed by atoms with E-state index in [1.165, 1.54) is 5.56 Å². The Labute approximate surface area is 128 Å². The van der Waals surface area contributed by atoms with Crippen molar-refractivity contribution in [3.05, 3.63) is 45.9 Å². The molecule has 0 atom stereocenters. The minimum absolute atomic E-state index is 0.473. The molecule has 0 bridgehead atoms. The molecule has 0 saturated carbocycles. The van der Waals surface area contributed by atoms with Gasteiger partial charge in [0.05, 0.1) is 29.8 Å². The minimum Gasteiger partial charge on any atom is -0.493 e. The van der Waals surface area contributed by atoms with Gasteiger partial charge in [-0.15, -0.1) is 22.9 Å². The van der Waals surface area contributed by atoms with Gasteiger partial charge in [-0.1, -0.05) is 12.1 Å². The predicted octanol–water partition coefficient (Wildman–Crippen LogP) is 3.69. The Bertz CT molecular complexity index is 513. The van der Waals surface area contributed by atoms with E-state index in [-0.39, 0.29) is 0 Å². The molecular formula is C15H18ClNO2S. The van der Waals surface area contributed by atoms with Crippen LogP contribution >= 0.6 is 22.9 Å². The summed E-state index contributed by atoms with van der Waals surface area (Å²) in [5.41, 5.74) is 2.19. The molecule has 20 heavy (non-hydrogen) atoms. The third-order valence-electron chi connectivity index (χ3n) is 2.84. The summed E-state index contributed by atoms with van der Waals surface area (Å²) < 4.78 is 10.8. The van der Waals surface area contributed by atoms with Crippen LogP contribution in [0.2, 0.25) is 0 Å². The molecule has 0 aliphatic heterocycles. The maximum atomic E-state index is 5.73. The lowest BCUT2D eigenvalue weighted by Gasteiger charge is -2.06. The van der Waals surface area contributed by atoms with E-state index in [1.54, 1.807) is 18.4 Å². The molecule has 5 heteroatoms. The maximum Gasteiger partial charge on any atom is 0.119 e. The number of alkyl halides is 1. The molecule has 3 nitrogen and oxygen atoms in total. The number of benzene rings is 1. The Morgan fingerprint density at radius 2 is 1.95 bits per heavy atom. The Morgan fingerprint density at radius 3 is 2.60 bits per heavy atom. The third kappa shape index (κ3) is 4.78.